The second-order valence-electron chi connectivity index (χ2n) is 3.64. The molecule has 0 saturated heterocycles. The van der Waals surface area contributed by atoms with Gasteiger partial charge in [0.1, 0.15) is 0 Å². The number of nitrogens with one attached hydrogen (secondary N) is 1. The van der Waals surface area contributed by atoms with Crippen molar-refractivity contribution in [2.75, 3.05) is 6.54 Å². The molecule has 0 aromatic heterocycles. The highest BCUT2D eigenvalue weighted by molar-refractivity contribution is 5.81. The average molecular weight is 154 g/mol. The van der Waals surface area contributed by atoms with Gasteiger partial charge in [0.25, 0.3) is 0 Å². The van der Waals surface area contributed by atoms with E-state index in [9.17, 15) is 0 Å². The van der Waals surface area contributed by atoms with E-state index in [1.807, 2.05) is 6.92 Å². The van der Waals surface area contributed by atoms with E-state index in [1.54, 1.807) is 0 Å². The molecule has 64 valence electrons. The first-order valence-electron chi connectivity index (χ1n) is 4.49. The summed E-state index contributed by atoms with van der Waals surface area (Å²) in [6.45, 7) is 2.76. The number of nitrogens with two attached hydrogens (primary N) is 1. The van der Waals surface area contributed by atoms with Crippen molar-refractivity contribution < 1.29 is 0 Å². The van der Waals surface area contributed by atoms with Crippen LogP contribution in [-0.4, -0.2) is 12.3 Å². The number of hydrogen-bond donors (Lipinski definition) is 2. The molecule has 1 saturated carbocycles. The van der Waals surface area contributed by atoms with Gasteiger partial charge in [-0.25, -0.2) is 0 Å². The molecule has 1 rings (SSSR count). The summed E-state index contributed by atoms with van der Waals surface area (Å²) in [4.78, 5) is 0. The standard InChI is InChI=1S/C9H18N2/c1-7(11)9-4-2-8(6-10)3-5-9/h8-9,11H,2-6,10H2,1H3. The van der Waals surface area contributed by atoms with Crippen LogP contribution in [0.1, 0.15) is 32.6 Å². The molecule has 0 heterocycles. The zero-order valence-electron chi connectivity index (χ0n) is 7.27. The lowest BCUT2D eigenvalue weighted by molar-refractivity contribution is 0.327. The van der Waals surface area contributed by atoms with Crippen molar-refractivity contribution in [1.82, 2.24) is 0 Å². The van der Waals surface area contributed by atoms with Crippen LogP contribution in [0.4, 0.5) is 0 Å². The summed E-state index contributed by atoms with van der Waals surface area (Å²) >= 11 is 0. The Morgan fingerprint density at radius 3 is 2.27 bits per heavy atom. The van der Waals surface area contributed by atoms with Crippen molar-refractivity contribution in [3.8, 4) is 0 Å². The van der Waals surface area contributed by atoms with Crippen LogP contribution < -0.4 is 5.73 Å². The van der Waals surface area contributed by atoms with Crippen molar-refractivity contribution in [3.63, 3.8) is 0 Å². The van der Waals surface area contributed by atoms with Gasteiger partial charge in [-0.1, -0.05) is 0 Å². The van der Waals surface area contributed by atoms with E-state index >= 15 is 0 Å². The van der Waals surface area contributed by atoms with Crippen molar-refractivity contribution in [3.05, 3.63) is 0 Å². The van der Waals surface area contributed by atoms with Crippen LogP contribution in [0.3, 0.4) is 0 Å². The van der Waals surface area contributed by atoms with Crippen LogP contribution in [-0.2, 0) is 0 Å². The Morgan fingerprint density at radius 2 is 1.91 bits per heavy atom. The summed E-state index contributed by atoms with van der Waals surface area (Å²) in [6.07, 6.45) is 4.85. The molecule has 0 amide bonds. The lowest BCUT2D eigenvalue weighted by Crippen LogP contribution is -2.24. The zero-order chi connectivity index (χ0) is 8.27. The van der Waals surface area contributed by atoms with Crippen molar-refractivity contribution in [2.24, 2.45) is 17.6 Å². The molecule has 0 atom stereocenters. The summed E-state index contributed by atoms with van der Waals surface area (Å²) in [7, 11) is 0. The molecule has 0 unspecified atom stereocenters. The second kappa shape index (κ2) is 3.86. The summed E-state index contributed by atoms with van der Waals surface area (Å²) in [5.41, 5.74) is 6.43. The molecule has 0 bridgehead atoms. The molecule has 2 heteroatoms. The van der Waals surface area contributed by atoms with Gasteiger partial charge in [-0.15, -0.1) is 0 Å². The van der Waals surface area contributed by atoms with E-state index in [2.05, 4.69) is 0 Å². The molecule has 1 fully saturated rings. The Balaban J connectivity index is 2.30. The van der Waals surface area contributed by atoms with E-state index < -0.39 is 0 Å². The lowest BCUT2D eigenvalue weighted by atomic mass is 9.80. The summed E-state index contributed by atoms with van der Waals surface area (Å²) in [5, 5.41) is 7.48. The average Bonchev–Trinajstić information content (AvgIpc) is 2.05. The quantitative estimate of drug-likeness (QED) is 0.585. The van der Waals surface area contributed by atoms with Gasteiger partial charge in [0.05, 0.1) is 0 Å². The van der Waals surface area contributed by atoms with E-state index in [-0.39, 0.29) is 0 Å². The first-order valence-corrected chi connectivity index (χ1v) is 4.49. The van der Waals surface area contributed by atoms with Gasteiger partial charge < -0.3 is 11.1 Å². The Kier molecular flexibility index (Phi) is 3.06. The van der Waals surface area contributed by atoms with E-state index in [1.165, 1.54) is 25.7 Å². The highest BCUT2D eigenvalue weighted by atomic mass is 14.6. The minimum atomic E-state index is 0.567. The SMILES string of the molecule is CC(=N)C1CCC(CN)CC1. The Hall–Kier alpha value is -0.370. The van der Waals surface area contributed by atoms with Gasteiger partial charge in [-0.2, -0.15) is 0 Å². The minimum absolute atomic E-state index is 0.567. The molecule has 0 aromatic rings. The maximum absolute atomic E-state index is 7.48. The third-order valence-electron chi connectivity index (χ3n) is 2.79. The van der Waals surface area contributed by atoms with Crippen LogP contribution in [0.5, 0.6) is 0 Å². The first-order chi connectivity index (χ1) is 5.24. The molecule has 1 aliphatic carbocycles. The Bertz CT molecular complexity index is 134. The fourth-order valence-electron chi connectivity index (χ4n) is 1.83. The molecule has 0 radical (unpaired) electrons. The molecule has 3 N–H and O–H groups in total. The van der Waals surface area contributed by atoms with Crippen LogP contribution in [0.25, 0.3) is 0 Å². The predicted octanol–water partition coefficient (Wildman–Crippen LogP) is 1.79. The maximum Gasteiger partial charge on any atom is 0.00891 e. The Morgan fingerprint density at radius 1 is 1.36 bits per heavy atom. The topological polar surface area (TPSA) is 49.9 Å². The van der Waals surface area contributed by atoms with Gasteiger partial charge in [-0.3, -0.25) is 0 Å². The highest BCUT2D eigenvalue weighted by Gasteiger charge is 2.20. The summed E-state index contributed by atoms with van der Waals surface area (Å²) in [6, 6.07) is 0. The third kappa shape index (κ3) is 2.29. The number of rotatable bonds is 2. The molecule has 0 aromatic carbocycles. The molecule has 2 nitrogen and oxygen atoms in total. The van der Waals surface area contributed by atoms with Crippen molar-refractivity contribution in [2.45, 2.75) is 32.6 Å². The third-order valence-corrected chi connectivity index (χ3v) is 2.79. The highest BCUT2D eigenvalue weighted by Crippen LogP contribution is 2.28. The molecule has 1 aliphatic rings. The molecule has 0 spiro atoms. The van der Waals surface area contributed by atoms with Crippen LogP contribution >= 0.6 is 0 Å². The van der Waals surface area contributed by atoms with E-state index in [4.69, 9.17) is 11.1 Å². The predicted molar refractivity (Wildman–Crippen MR) is 47.9 cm³/mol. The largest absolute Gasteiger partial charge is 0.330 e. The van der Waals surface area contributed by atoms with Gasteiger partial charge in [0.15, 0.2) is 0 Å². The number of hydrogen-bond acceptors (Lipinski definition) is 2. The normalized spacial score (nSPS) is 31.8. The fraction of sp³-hybridized carbons (Fsp3) is 0.889. The van der Waals surface area contributed by atoms with Gasteiger partial charge >= 0.3 is 0 Å². The van der Waals surface area contributed by atoms with E-state index in [0.717, 1.165) is 18.2 Å². The van der Waals surface area contributed by atoms with Crippen LogP contribution in [0.2, 0.25) is 0 Å². The lowest BCUT2D eigenvalue weighted by Gasteiger charge is -2.26. The minimum Gasteiger partial charge on any atom is -0.330 e. The summed E-state index contributed by atoms with van der Waals surface area (Å²) in [5.74, 6) is 1.31. The van der Waals surface area contributed by atoms with Gasteiger partial charge in [0.2, 0.25) is 0 Å². The molecule has 0 aliphatic heterocycles. The van der Waals surface area contributed by atoms with Crippen LogP contribution in [0, 0.1) is 17.2 Å². The van der Waals surface area contributed by atoms with Gasteiger partial charge in [0, 0.05) is 5.71 Å². The monoisotopic (exact) mass is 154 g/mol. The first kappa shape index (κ1) is 8.72. The second-order valence-corrected chi connectivity index (χ2v) is 3.64. The van der Waals surface area contributed by atoms with Crippen LogP contribution in [0.15, 0.2) is 0 Å². The maximum atomic E-state index is 7.48. The van der Waals surface area contributed by atoms with Crippen molar-refractivity contribution >= 4 is 5.71 Å². The zero-order valence-corrected chi connectivity index (χ0v) is 7.27. The Labute approximate surface area is 68.7 Å². The fourth-order valence-corrected chi connectivity index (χ4v) is 1.83. The summed E-state index contributed by atoms with van der Waals surface area (Å²) < 4.78 is 0. The molecule has 11 heavy (non-hydrogen) atoms. The van der Waals surface area contributed by atoms with E-state index in [0.29, 0.717) is 5.92 Å². The van der Waals surface area contributed by atoms with Gasteiger partial charge in [-0.05, 0) is 51.0 Å². The van der Waals surface area contributed by atoms with Crippen molar-refractivity contribution in [1.29, 1.82) is 5.41 Å². The smallest absolute Gasteiger partial charge is 0.00891 e. The molecular formula is C9H18N2. The molecular weight excluding hydrogens is 136 g/mol.